The highest BCUT2D eigenvalue weighted by atomic mass is 15.0. The van der Waals surface area contributed by atoms with Crippen LogP contribution in [-0.2, 0) is 6.42 Å². The highest BCUT2D eigenvalue weighted by molar-refractivity contribution is 5.66. The van der Waals surface area contributed by atoms with Crippen molar-refractivity contribution in [1.29, 1.82) is 0 Å². The summed E-state index contributed by atoms with van der Waals surface area (Å²) >= 11 is 0. The summed E-state index contributed by atoms with van der Waals surface area (Å²) in [6.07, 6.45) is 5.08. The van der Waals surface area contributed by atoms with Crippen molar-refractivity contribution in [3.05, 3.63) is 23.8 Å². The number of anilines is 2. The first-order valence-corrected chi connectivity index (χ1v) is 4.95. The zero-order valence-electron chi connectivity index (χ0n) is 7.64. The van der Waals surface area contributed by atoms with Crippen molar-refractivity contribution >= 4 is 11.4 Å². The second-order valence-electron chi connectivity index (χ2n) is 4.28. The Labute approximate surface area is 78.1 Å². The van der Waals surface area contributed by atoms with Gasteiger partial charge >= 0.3 is 0 Å². The Hall–Kier alpha value is -1.18. The van der Waals surface area contributed by atoms with E-state index in [1.165, 1.54) is 30.5 Å². The fourth-order valence-corrected chi connectivity index (χ4v) is 2.24. The number of nitrogens with two attached hydrogens (primary N) is 1. The molecule has 2 aliphatic rings. The Morgan fingerprint density at radius 3 is 2.85 bits per heavy atom. The smallest absolute Gasteiger partial charge is 0.0397 e. The number of hydrogen-bond acceptors (Lipinski definition) is 2. The van der Waals surface area contributed by atoms with Gasteiger partial charge in [0.25, 0.3) is 0 Å². The van der Waals surface area contributed by atoms with Gasteiger partial charge in [-0.2, -0.15) is 0 Å². The molecule has 1 heterocycles. The van der Waals surface area contributed by atoms with E-state index in [4.69, 9.17) is 5.73 Å². The van der Waals surface area contributed by atoms with Crippen molar-refractivity contribution in [1.82, 2.24) is 0 Å². The summed E-state index contributed by atoms with van der Waals surface area (Å²) in [5.41, 5.74) is 9.90. The minimum atomic E-state index is 0.459. The summed E-state index contributed by atoms with van der Waals surface area (Å²) in [6, 6.07) is 6.17. The molecule has 1 fully saturated rings. The van der Waals surface area contributed by atoms with Crippen molar-refractivity contribution in [2.24, 2.45) is 0 Å². The van der Waals surface area contributed by atoms with E-state index in [0.717, 1.165) is 12.1 Å². The van der Waals surface area contributed by atoms with Gasteiger partial charge in [-0.3, -0.25) is 0 Å². The maximum absolute atomic E-state index is 5.91. The standard InChI is InChI=1S/C11H14N2/c12-9-2-1-3-10-8(9)4-5-11(13-10)6-7-11/h1-3,13H,4-7,12H2. The number of rotatable bonds is 0. The molecule has 13 heavy (non-hydrogen) atoms. The van der Waals surface area contributed by atoms with E-state index < -0.39 is 0 Å². The van der Waals surface area contributed by atoms with Crippen molar-refractivity contribution in [3.8, 4) is 0 Å². The largest absolute Gasteiger partial charge is 0.398 e. The quantitative estimate of drug-likeness (QED) is 0.591. The minimum Gasteiger partial charge on any atom is -0.398 e. The Bertz CT molecular complexity index is 353. The van der Waals surface area contributed by atoms with Crippen molar-refractivity contribution < 1.29 is 0 Å². The van der Waals surface area contributed by atoms with Crippen molar-refractivity contribution in [2.45, 2.75) is 31.2 Å². The maximum atomic E-state index is 5.91. The molecule has 0 atom stereocenters. The number of hydrogen-bond donors (Lipinski definition) is 2. The van der Waals surface area contributed by atoms with E-state index in [2.05, 4.69) is 11.4 Å². The molecular weight excluding hydrogens is 160 g/mol. The summed E-state index contributed by atoms with van der Waals surface area (Å²) in [7, 11) is 0. The molecule has 0 bridgehead atoms. The van der Waals surface area contributed by atoms with Gasteiger partial charge in [0.1, 0.15) is 0 Å². The van der Waals surface area contributed by atoms with Crippen LogP contribution in [0, 0.1) is 0 Å². The van der Waals surface area contributed by atoms with Gasteiger partial charge in [-0.05, 0) is 43.4 Å². The van der Waals surface area contributed by atoms with E-state index in [0.29, 0.717) is 5.54 Å². The summed E-state index contributed by atoms with van der Waals surface area (Å²) in [5.74, 6) is 0. The zero-order valence-corrected chi connectivity index (χ0v) is 7.64. The molecule has 1 aliphatic heterocycles. The third kappa shape index (κ3) is 1.01. The van der Waals surface area contributed by atoms with Crippen LogP contribution in [0.1, 0.15) is 24.8 Å². The van der Waals surface area contributed by atoms with E-state index in [1.807, 2.05) is 12.1 Å². The van der Waals surface area contributed by atoms with Crippen LogP contribution in [0.25, 0.3) is 0 Å². The average molecular weight is 174 g/mol. The first-order chi connectivity index (χ1) is 6.29. The molecule has 1 aromatic carbocycles. The number of nitrogen functional groups attached to an aromatic ring is 1. The van der Waals surface area contributed by atoms with Gasteiger partial charge in [0, 0.05) is 16.9 Å². The SMILES string of the molecule is Nc1cccc2c1CCC1(CC1)N2. The maximum Gasteiger partial charge on any atom is 0.0397 e. The van der Waals surface area contributed by atoms with E-state index >= 15 is 0 Å². The summed E-state index contributed by atoms with van der Waals surface area (Å²) in [4.78, 5) is 0. The first-order valence-electron chi connectivity index (χ1n) is 4.95. The first kappa shape index (κ1) is 7.25. The van der Waals surface area contributed by atoms with Gasteiger partial charge in [-0.25, -0.2) is 0 Å². The van der Waals surface area contributed by atoms with Crippen LogP contribution in [0.3, 0.4) is 0 Å². The Morgan fingerprint density at radius 1 is 1.23 bits per heavy atom. The molecule has 1 saturated carbocycles. The zero-order chi connectivity index (χ0) is 8.89. The molecule has 68 valence electrons. The normalized spacial score (nSPS) is 22.2. The van der Waals surface area contributed by atoms with Crippen LogP contribution in [0.2, 0.25) is 0 Å². The number of benzene rings is 1. The lowest BCUT2D eigenvalue weighted by atomic mass is 9.95. The lowest BCUT2D eigenvalue weighted by molar-refractivity contribution is 0.630. The fraction of sp³-hybridized carbons (Fsp3) is 0.455. The molecule has 2 nitrogen and oxygen atoms in total. The predicted molar refractivity (Wildman–Crippen MR) is 54.8 cm³/mol. The molecule has 0 aromatic heterocycles. The van der Waals surface area contributed by atoms with E-state index in [1.54, 1.807) is 0 Å². The second-order valence-corrected chi connectivity index (χ2v) is 4.28. The molecule has 1 spiro atoms. The molecule has 3 rings (SSSR count). The highest BCUT2D eigenvalue weighted by Gasteiger charge is 2.44. The molecule has 0 saturated heterocycles. The molecule has 1 aliphatic carbocycles. The third-order valence-corrected chi connectivity index (χ3v) is 3.32. The minimum absolute atomic E-state index is 0.459. The van der Waals surface area contributed by atoms with Crippen LogP contribution in [-0.4, -0.2) is 5.54 Å². The van der Waals surface area contributed by atoms with Crippen LogP contribution in [0.4, 0.5) is 11.4 Å². The summed E-state index contributed by atoms with van der Waals surface area (Å²) < 4.78 is 0. The average Bonchev–Trinajstić information content (AvgIpc) is 2.85. The monoisotopic (exact) mass is 174 g/mol. The van der Waals surface area contributed by atoms with Gasteiger partial charge < -0.3 is 11.1 Å². The van der Waals surface area contributed by atoms with Crippen LogP contribution in [0.15, 0.2) is 18.2 Å². The number of nitrogens with one attached hydrogen (secondary N) is 1. The molecule has 1 aromatic rings. The molecule has 0 amide bonds. The predicted octanol–water partition coefficient (Wildman–Crippen LogP) is 2.16. The lowest BCUT2D eigenvalue weighted by Crippen LogP contribution is -2.27. The molecule has 2 heteroatoms. The topological polar surface area (TPSA) is 38.0 Å². The molecule has 0 unspecified atom stereocenters. The van der Waals surface area contributed by atoms with Crippen LogP contribution >= 0.6 is 0 Å². The molecular formula is C11H14N2. The molecule has 0 radical (unpaired) electrons. The molecule has 3 N–H and O–H groups in total. The van der Waals surface area contributed by atoms with Crippen LogP contribution in [0.5, 0.6) is 0 Å². The van der Waals surface area contributed by atoms with Crippen molar-refractivity contribution in [2.75, 3.05) is 11.1 Å². The van der Waals surface area contributed by atoms with Gasteiger partial charge in [0.15, 0.2) is 0 Å². The Balaban J connectivity index is 2.05. The Kier molecular flexibility index (Phi) is 1.22. The van der Waals surface area contributed by atoms with E-state index in [-0.39, 0.29) is 0 Å². The van der Waals surface area contributed by atoms with Gasteiger partial charge in [0.05, 0.1) is 0 Å². The van der Waals surface area contributed by atoms with Gasteiger partial charge in [-0.1, -0.05) is 6.07 Å². The number of fused-ring (bicyclic) bond motifs is 1. The highest BCUT2D eigenvalue weighted by Crippen LogP contribution is 2.47. The third-order valence-electron chi connectivity index (χ3n) is 3.32. The lowest BCUT2D eigenvalue weighted by Gasteiger charge is -2.27. The Morgan fingerprint density at radius 2 is 2.08 bits per heavy atom. The van der Waals surface area contributed by atoms with Crippen molar-refractivity contribution in [3.63, 3.8) is 0 Å². The summed E-state index contributed by atoms with van der Waals surface area (Å²) in [5, 5.41) is 3.61. The van der Waals surface area contributed by atoms with E-state index in [9.17, 15) is 0 Å². The fourth-order valence-electron chi connectivity index (χ4n) is 2.24. The van der Waals surface area contributed by atoms with Gasteiger partial charge in [-0.15, -0.1) is 0 Å². The summed E-state index contributed by atoms with van der Waals surface area (Å²) in [6.45, 7) is 0. The van der Waals surface area contributed by atoms with Crippen LogP contribution < -0.4 is 11.1 Å². The second kappa shape index (κ2) is 2.19. The van der Waals surface area contributed by atoms with Gasteiger partial charge in [0.2, 0.25) is 0 Å².